The lowest BCUT2D eigenvalue weighted by atomic mass is 10.2. The fraction of sp³-hybridized carbons (Fsp3) is 0.0952. The monoisotopic (exact) mass is 377 g/mol. The normalized spacial score (nSPS) is 11.1. The van der Waals surface area contributed by atoms with Crippen LogP contribution in [-0.4, -0.2) is 4.57 Å². The van der Waals surface area contributed by atoms with Gasteiger partial charge >= 0.3 is 0 Å². The lowest BCUT2D eigenvalue weighted by Crippen LogP contribution is -2.28. The van der Waals surface area contributed by atoms with E-state index < -0.39 is 0 Å². The Kier molecular flexibility index (Phi) is 3.73. The number of hydrogen-bond acceptors (Lipinski definition) is 0. The van der Waals surface area contributed by atoms with Gasteiger partial charge in [-0.1, -0.05) is 51.3 Å². The molecule has 24 heavy (non-hydrogen) atoms. The second kappa shape index (κ2) is 5.91. The third-order valence-electron chi connectivity index (χ3n) is 4.31. The van der Waals surface area contributed by atoms with Crippen LogP contribution in [0.5, 0.6) is 0 Å². The highest BCUT2D eigenvalue weighted by Crippen LogP contribution is 2.22. The van der Waals surface area contributed by atoms with Crippen molar-refractivity contribution in [3.63, 3.8) is 0 Å². The summed E-state index contributed by atoms with van der Waals surface area (Å²) in [6.45, 7) is 4.22. The molecule has 3 aromatic carbocycles. The topological polar surface area (TPSA) is 8.81 Å². The molecule has 0 saturated carbocycles. The zero-order valence-electron chi connectivity index (χ0n) is 13.7. The molecule has 0 aliphatic carbocycles. The first kappa shape index (κ1) is 15.2. The zero-order chi connectivity index (χ0) is 16.7. The van der Waals surface area contributed by atoms with Crippen molar-refractivity contribution in [3.05, 3.63) is 88.7 Å². The minimum absolute atomic E-state index is 1.08. The molecule has 0 aliphatic rings. The highest BCUT2D eigenvalue weighted by molar-refractivity contribution is 9.10. The van der Waals surface area contributed by atoms with Gasteiger partial charge in [-0.05, 0) is 50.2 Å². The van der Waals surface area contributed by atoms with Crippen LogP contribution in [0.2, 0.25) is 0 Å². The molecular formula is C21H18BrN2+. The highest BCUT2D eigenvalue weighted by atomic mass is 79.9. The average Bonchev–Trinajstić information content (AvgIpc) is 2.95. The molecule has 4 aromatic rings. The third-order valence-corrected chi connectivity index (χ3v) is 4.81. The SMILES string of the molecule is Cc1ccc(-n2c[n+](-c3ccc(C)cc3)c3cc(Br)ccc32)cc1. The van der Waals surface area contributed by atoms with E-state index in [1.165, 1.54) is 27.8 Å². The number of aromatic nitrogens is 2. The van der Waals surface area contributed by atoms with Gasteiger partial charge in [0.05, 0.1) is 0 Å². The maximum absolute atomic E-state index is 3.60. The zero-order valence-corrected chi connectivity index (χ0v) is 15.3. The van der Waals surface area contributed by atoms with Crippen molar-refractivity contribution in [2.45, 2.75) is 13.8 Å². The first-order valence-electron chi connectivity index (χ1n) is 7.98. The molecule has 0 N–H and O–H groups in total. The van der Waals surface area contributed by atoms with E-state index in [-0.39, 0.29) is 0 Å². The van der Waals surface area contributed by atoms with Crippen LogP contribution in [-0.2, 0) is 0 Å². The molecule has 0 unspecified atom stereocenters. The number of fused-ring (bicyclic) bond motifs is 1. The van der Waals surface area contributed by atoms with Crippen LogP contribution in [0.25, 0.3) is 22.4 Å². The van der Waals surface area contributed by atoms with Crippen LogP contribution < -0.4 is 4.57 Å². The van der Waals surface area contributed by atoms with Crippen molar-refractivity contribution in [1.29, 1.82) is 0 Å². The molecule has 1 aromatic heterocycles. The molecule has 0 radical (unpaired) electrons. The maximum Gasteiger partial charge on any atom is 0.255 e. The summed E-state index contributed by atoms with van der Waals surface area (Å²) in [6.07, 6.45) is 2.16. The van der Waals surface area contributed by atoms with E-state index >= 15 is 0 Å². The molecule has 1 heterocycles. The van der Waals surface area contributed by atoms with Crippen LogP contribution in [0.4, 0.5) is 0 Å². The Morgan fingerprint density at radius 3 is 2.08 bits per heavy atom. The molecule has 0 fully saturated rings. The minimum Gasteiger partial charge on any atom is -0.195 e. The standard InChI is InChI=1S/C21H18BrN2/c1-15-3-8-18(9-4-15)23-14-24(19-10-5-16(2)6-11-19)21-13-17(22)7-12-20(21)23/h3-14H,1-2H3/q+1. The number of hydrogen-bond donors (Lipinski definition) is 0. The Hall–Kier alpha value is -2.39. The summed E-state index contributed by atoms with van der Waals surface area (Å²) in [6, 6.07) is 23.7. The molecule has 0 bridgehead atoms. The molecule has 0 atom stereocenters. The Morgan fingerprint density at radius 1 is 0.792 bits per heavy atom. The van der Waals surface area contributed by atoms with Gasteiger partial charge in [-0.25, -0.2) is 0 Å². The summed E-state index contributed by atoms with van der Waals surface area (Å²) >= 11 is 3.60. The van der Waals surface area contributed by atoms with Crippen molar-refractivity contribution in [2.75, 3.05) is 0 Å². The smallest absolute Gasteiger partial charge is 0.195 e. The number of aryl methyl sites for hydroxylation is 2. The second-order valence-electron chi connectivity index (χ2n) is 6.16. The predicted molar refractivity (Wildman–Crippen MR) is 102 cm³/mol. The molecule has 0 amide bonds. The van der Waals surface area contributed by atoms with Crippen molar-refractivity contribution < 1.29 is 4.57 Å². The van der Waals surface area contributed by atoms with E-state index in [2.05, 4.69) is 112 Å². The molecule has 0 saturated heterocycles. The van der Waals surface area contributed by atoms with E-state index in [4.69, 9.17) is 0 Å². The van der Waals surface area contributed by atoms with Crippen molar-refractivity contribution in [3.8, 4) is 11.4 Å². The molecule has 118 valence electrons. The number of benzene rings is 3. The first-order valence-corrected chi connectivity index (χ1v) is 8.77. The number of nitrogens with zero attached hydrogens (tertiary/aromatic N) is 2. The quantitative estimate of drug-likeness (QED) is 0.420. The van der Waals surface area contributed by atoms with Gasteiger partial charge in [-0.2, -0.15) is 9.13 Å². The van der Waals surface area contributed by atoms with Crippen LogP contribution in [0.3, 0.4) is 0 Å². The summed E-state index contributed by atoms with van der Waals surface area (Å²) in [4.78, 5) is 0. The summed E-state index contributed by atoms with van der Waals surface area (Å²) < 4.78 is 5.55. The third kappa shape index (κ3) is 2.65. The van der Waals surface area contributed by atoms with E-state index in [0.29, 0.717) is 0 Å². The van der Waals surface area contributed by atoms with E-state index in [9.17, 15) is 0 Å². The van der Waals surface area contributed by atoms with Crippen LogP contribution in [0, 0.1) is 13.8 Å². The Balaban J connectivity index is 1.98. The largest absolute Gasteiger partial charge is 0.255 e. The van der Waals surface area contributed by atoms with Crippen molar-refractivity contribution >= 4 is 27.0 Å². The summed E-state index contributed by atoms with van der Waals surface area (Å²) in [7, 11) is 0. The van der Waals surface area contributed by atoms with Crippen molar-refractivity contribution in [1.82, 2.24) is 4.57 Å². The van der Waals surface area contributed by atoms with Gasteiger partial charge in [0.1, 0.15) is 11.4 Å². The molecule has 2 nitrogen and oxygen atoms in total. The Bertz CT molecular complexity index is 1010. The predicted octanol–water partition coefficient (Wildman–Crippen LogP) is 5.29. The van der Waals surface area contributed by atoms with Crippen molar-refractivity contribution in [2.24, 2.45) is 0 Å². The fourth-order valence-electron chi connectivity index (χ4n) is 2.96. The summed E-state index contributed by atoms with van der Waals surface area (Å²) in [5.74, 6) is 0. The molecule has 4 rings (SSSR count). The number of halogens is 1. The lowest BCUT2D eigenvalue weighted by molar-refractivity contribution is -0.567. The first-order chi connectivity index (χ1) is 11.6. The summed E-state index contributed by atoms with van der Waals surface area (Å²) in [5, 5.41) is 0. The van der Waals surface area contributed by atoms with E-state index in [1.54, 1.807) is 0 Å². The number of imidazole rings is 1. The maximum atomic E-state index is 3.60. The molecule has 0 aliphatic heterocycles. The van der Waals surface area contributed by atoms with Gasteiger partial charge < -0.3 is 0 Å². The van der Waals surface area contributed by atoms with Crippen LogP contribution >= 0.6 is 15.9 Å². The van der Waals surface area contributed by atoms with Crippen LogP contribution in [0.1, 0.15) is 11.1 Å². The Labute approximate surface area is 150 Å². The van der Waals surface area contributed by atoms with E-state index in [0.717, 1.165) is 10.2 Å². The lowest BCUT2D eigenvalue weighted by Gasteiger charge is -1.98. The molecular weight excluding hydrogens is 360 g/mol. The van der Waals surface area contributed by atoms with Gasteiger partial charge in [0, 0.05) is 10.5 Å². The Morgan fingerprint density at radius 2 is 1.42 bits per heavy atom. The second-order valence-corrected chi connectivity index (χ2v) is 7.08. The van der Waals surface area contributed by atoms with Gasteiger partial charge in [0.2, 0.25) is 0 Å². The fourth-order valence-corrected chi connectivity index (χ4v) is 3.30. The van der Waals surface area contributed by atoms with E-state index in [1.807, 2.05) is 0 Å². The van der Waals surface area contributed by atoms with Gasteiger partial charge in [-0.3, -0.25) is 0 Å². The minimum atomic E-state index is 1.08. The number of rotatable bonds is 2. The molecule has 3 heteroatoms. The van der Waals surface area contributed by atoms with Gasteiger partial charge in [0.25, 0.3) is 6.33 Å². The van der Waals surface area contributed by atoms with Gasteiger partial charge in [0.15, 0.2) is 11.0 Å². The van der Waals surface area contributed by atoms with Crippen LogP contribution in [0.15, 0.2) is 77.5 Å². The average molecular weight is 378 g/mol. The highest BCUT2D eigenvalue weighted by Gasteiger charge is 2.19. The molecule has 0 spiro atoms. The van der Waals surface area contributed by atoms with Gasteiger partial charge in [-0.15, -0.1) is 0 Å². The summed E-state index contributed by atoms with van der Waals surface area (Å²) in [5.41, 5.74) is 7.22.